The van der Waals surface area contributed by atoms with E-state index in [2.05, 4.69) is 9.97 Å². The van der Waals surface area contributed by atoms with Crippen LogP contribution >= 0.6 is 0 Å². The Morgan fingerprint density at radius 1 is 1.20 bits per heavy atom. The number of nitrogens with one attached hydrogen (secondary N) is 2. The number of aromatic amines is 2. The first kappa shape index (κ1) is 14.2. The van der Waals surface area contributed by atoms with Crippen molar-refractivity contribution >= 4 is 11.8 Å². The second kappa shape index (κ2) is 5.44. The lowest BCUT2D eigenvalue weighted by atomic mass is 9.76. The first-order valence-corrected chi connectivity index (χ1v) is 6.50. The fraction of sp³-hybridized carbons (Fsp3) is 0.538. The molecule has 0 amide bonds. The van der Waals surface area contributed by atoms with Crippen molar-refractivity contribution in [2.45, 2.75) is 38.5 Å². The quantitative estimate of drug-likeness (QED) is 0.749. The van der Waals surface area contributed by atoms with Gasteiger partial charge in [0.1, 0.15) is 11.5 Å². The topological polar surface area (TPSA) is 120 Å². The number of hydrogen-bond acceptors (Lipinski definition) is 4. The van der Waals surface area contributed by atoms with E-state index < -0.39 is 17.2 Å². The maximum absolute atomic E-state index is 11.9. The fourth-order valence-electron chi connectivity index (χ4n) is 2.88. The van der Waals surface area contributed by atoms with Gasteiger partial charge in [0.15, 0.2) is 0 Å². The minimum absolute atomic E-state index is 0.0485. The molecule has 0 spiro atoms. The van der Waals surface area contributed by atoms with Crippen LogP contribution in [0.2, 0.25) is 0 Å². The highest BCUT2D eigenvalue weighted by Crippen LogP contribution is 2.35. The highest BCUT2D eigenvalue weighted by molar-refractivity contribution is 5.87. The average Bonchev–Trinajstić information content (AvgIpc) is 2.37. The molecule has 2 atom stereocenters. The summed E-state index contributed by atoms with van der Waals surface area (Å²) in [6.45, 7) is 1.50. The van der Waals surface area contributed by atoms with Crippen molar-refractivity contribution in [3.05, 3.63) is 32.1 Å². The molecule has 2 rings (SSSR count). The third-order valence-corrected chi connectivity index (χ3v) is 3.85. The van der Waals surface area contributed by atoms with Gasteiger partial charge in [-0.05, 0) is 32.1 Å². The van der Waals surface area contributed by atoms with Crippen molar-refractivity contribution < 1.29 is 14.7 Å². The number of aromatic nitrogens is 2. The van der Waals surface area contributed by atoms with Gasteiger partial charge in [-0.3, -0.25) is 14.6 Å². The normalized spacial score (nSPS) is 22.4. The second-order valence-corrected chi connectivity index (χ2v) is 5.17. The van der Waals surface area contributed by atoms with E-state index in [-0.39, 0.29) is 28.9 Å². The Morgan fingerprint density at radius 2 is 1.90 bits per heavy atom. The summed E-state index contributed by atoms with van der Waals surface area (Å²) in [4.78, 5) is 50.0. The summed E-state index contributed by atoms with van der Waals surface area (Å²) in [5.41, 5.74) is -1.81. The highest BCUT2D eigenvalue weighted by atomic mass is 16.4. The van der Waals surface area contributed by atoms with Gasteiger partial charge in [0.2, 0.25) is 0 Å². The van der Waals surface area contributed by atoms with Gasteiger partial charge in [-0.25, -0.2) is 9.59 Å². The molecule has 7 heteroatoms. The lowest BCUT2D eigenvalue weighted by molar-refractivity contribution is -0.121. The van der Waals surface area contributed by atoms with E-state index in [1.807, 2.05) is 0 Å². The van der Waals surface area contributed by atoms with E-state index in [0.29, 0.717) is 12.8 Å². The van der Waals surface area contributed by atoms with Crippen LogP contribution in [-0.2, 0) is 4.79 Å². The Morgan fingerprint density at radius 3 is 2.50 bits per heavy atom. The van der Waals surface area contributed by atoms with E-state index in [4.69, 9.17) is 5.11 Å². The number of carboxylic acid groups (broad SMARTS) is 1. The maximum atomic E-state index is 11.9. The molecule has 0 saturated heterocycles. The second-order valence-electron chi connectivity index (χ2n) is 5.17. The monoisotopic (exact) mass is 280 g/mol. The van der Waals surface area contributed by atoms with Crippen LogP contribution in [0.25, 0.3) is 0 Å². The summed E-state index contributed by atoms with van der Waals surface area (Å²) in [6, 6.07) is 0. The number of Topliss-reactive ketones (excluding diaryl/α,β-unsaturated/α-hetero) is 1. The SMILES string of the molecule is CC(=O)C1CCCC(c2c(C(=O)O)[nH]c(=O)[nH]c2=O)C1. The molecule has 2 unspecified atom stereocenters. The van der Waals surface area contributed by atoms with Crippen LogP contribution in [0.5, 0.6) is 0 Å². The molecular weight excluding hydrogens is 264 g/mol. The first-order chi connectivity index (χ1) is 9.40. The number of rotatable bonds is 3. The zero-order valence-corrected chi connectivity index (χ0v) is 11.1. The van der Waals surface area contributed by atoms with Crippen LogP contribution in [-0.4, -0.2) is 26.8 Å². The van der Waals surface area contributed by atoms with E-state index in [1.54, 1.807) is 0 Å². The highest BCUT2D eigenvalue weighted by Gasteiger charge is 2.31. The predicted molar refractivity (Wildman–Crippen MR) is 70.0 cm³/mol. The molecule has 1 aromatic heterocycles. The lowest BCUT2D eigenvalue weighted by Gasteiger charge is -2.27. The summed E-state index contributed by atoms with van der Waals surface area (Å²) in [5, 5.41) is 9.13. The Balaban J connectivity index is 2.46. The summed E-state index contributed by atoms with van der Waals surface area (Å²) >= 11 is 0. The molecule has 1 aliphatic carbocycles. The summed E-state index contributed by atoms with van der Waals surface area (Å²) < 4.78 is 0. The van der Waals surface area contributed by atoms with Crippen LogP contribution in [0.15, 0.2) is 9.59 Å². The third kappa shape index (κ3) is 2.71. The molecule has 0 bridgehead atoms. The maximum Gasteiger partial charge on any atom is 0.352 e. The van der Waals surface area contributed by atoms with Crippen molar-refractivity contribution in [2.24, 2.45) is 5.92 Å². The van der Waals surface area contributed by atoms with Crippen LogP contribution in [0.1, 0.15) is 54.6 Å². The van der Waals surface area contributed by atoms with Gasteiger partial charge in [0.05, 0.1) is 5.56 Å². The van der Waals surface area contributed by atoms with Crippen molar-refractivity contribution in [3.63, 3.8) is 0 Å². The number of carbonyl (C=O) groups excluding carboxylic acids is 1. The third-order valence-electron chi connectivity index (χ3n) is 3.85. The largest absolute Gasteiger partial charge is 0.477 e. The van der Waals surface area contributed by atoms with Gasteiger partial charge >= 0.3 is 11.7 Å². The van der Waals surface area contributed by atoms with Crippen molar-refractivity contribution in [2.75, 3.05) is 0 Å². The summed E-state index contributed by atoms with van der Waals surface area (Å²) in [5.74, 6) is -1.76. The average molecular weight is 280 g/mol. The van der Waals surface area contributed by atoms with Crippen molar-refractivity contribution in [1.82, 2.24) is 9.97 Å². The molecule has 1 heterocycles. The molecule has 20 heavy (non-hydrogen) atoms. The van der Waals surface area contributed by atoms with Gasteiger partial charge in [0, 0.05) is 5.92 Å². The van der Waals surface area contributed by atoms with Gasteiger partial charge in [0.25, 0.3) is 5.56 Å². The number of H-pyrrole nitrogens is 2. The smallest absolute Gasteiger partial charge is 0.352 e. The Bertz CT molecular complexity index is 657. The lowest BCUT2D eigenvalue weighted by Crippen LogP contribution is -2.33. The van der Waals surface area contributed by atoms with Gasteiger partial charge in [-0.2, -0.15) is 0 Å². The zero-order valence-electron chi connectivity index (χ0n) is 11.1. The van der Waals surface area contributed by atoms with Gasteiger partial charge in [-0.15, -0.1) is 0 Å². The van der Waals surface area contributed by atoms with E-state index in [9.17, 15) is 19.2 Å². The predicted octanol–water partition coefficient (Wildman–Crippen LogP) is 0.624. The van der Waals surface area contributed by atoms with E-state index in [1.165, 1.54) is 6.92 Å². The van der Waals surface area contributed by atoms with Crippen LogP contribution < -0.4 is 11.2 Å². The summed E-state index contributed by atoms with van der Waals surface area (Å²) in [7, 11) is 0. The van der Waals surface area contributed by atoms with Crippen LogP contribution in [0.3, 0.4) is 0 Å². The number of carbonyl (C=O) groups is 2. The molecule has 1 aromatic rings. The molecule has 0 radical (unpaired) electrons. The van der Waals surface area contributed by atoms with Crippen molar-refractivity contribution in [1.29, 1.82) is 0 Å². The number of aromatic carboxylic acids is 1. The molecule has 1 saturated carbocycles. The zero-order chi connectivity index (χ0) is 14.9. The first-order valence-electron chi connectivity index (χ1n) is 6.50. The standard InChI is InChI=1S/C13H16N2O5/c1-6(16)7-3-2-4-8(5-7)9-10(12(18)19)14-13(20)15-11(9)17/h7-8H,2-5H2,1H3,(H,18,19)(H2,14,15,17,20). The molecule has 3 N–H and O–H groups in total. The summed E-state index contributed by atoms with van der Waals surface area (Å²) in [6.07, 6.45) is 2.60. The van der Waals surface area contributed by atoms with Crippen LogP contribution in [0.4, 0.5) is 0 Å². The van der Waals surface area contributed by atoms with Gasteiger partial charge < -0.3 is 10.1 Å². The Hall–Kier alpha value is -2.18. The molecule has 1 fully saturated rings. The van der Waals surface area contributed by atoms with Crippen LogP contribution in [0, 0.1) is 5.92 Å². The molecule has 1 aliphatic rings. The molecule has 0 aliphatic heterocycles. The molecule has 0 aromatic carbocycles. The fourth-order valence-corrected chi connectivity index (χ4v) is 2.88. The minimum atomic E-state index is -1.34. The van der Waals surface area contributed by atoms with E-state index in [0.717, 1.165) is 12.8 Å². The molecule has 108 valence electrons. The number of ketones is 1. The van der Waals surface area contributed by atoms with Gasteiger partial charge in [-0.1, -0.05) is 6.42 Å². The van der Waals surface area contributed by atoms with Crippen molar-refractivity contribution in [3.8, 4) is 0 Å². The molecule has 7 nitrogen and oxygen atoms in total. The number of hydrogen-bond donors (Lipinski definition) is 3. The number of carboxylic acids is 1. The molecular formula is C13H16N2O5. The Labute approximate surface area is 114 Å². The van der Waals surface area contributed by atoms with E-state index >= 15 is 0 Å². The minimum Gasteiger partial charge on any atom is -0.477 e. The Kier molecular flexibility index (Phi) is 3.87.